The zero-order valence-electron chi connectivity index (χ0n) is 10.1. The fraction of sp³-hybridized carbons (Fsp3) is 0.615. The summed E-state index contributed by atoms with van der Waals surface area (Å²) in [7, 11) is 0. The van der Waals surface area contributed by atoms with E-state index in [1.165, 1.54) is 24.1 Å². The van der Waals surface area contributed by atoms with E-state index in [1.807, 2.05) is 12.3 Å². The van der Waals surface area contributed by atoms with Crippen molar-refractivity contribution in [3.8, 4) is 0 Å². The molecule has 0 spiro atoms. The van der Waals surface area contributed by atoms with E-state index < -0.39 is 0 Å². The lowest BCUT2D eigenvalue weighted by molar-refractivity contribution is 0.481. The summed E-state index contributed by atoms with van der Waals surface area (Å²) >= 11 is 0. The van der Waals surface area contributed by atoms with Crippen LogP contribution in [0.3, 0.4) is 0 Å². The topological polar surface area (TPSA) is 24.9 Å². The van der Waals surface area contributed by atoms with Crippen LogP contribution in [0.25, 0.3) is 0 Å². The molecule has 1 heterocycles. The molecular formula is C13H22N2. The number of rotatable bonds is 6. The SMILES string of the molecule is CCCNC(CCC)c1ncccc1C. The number of hydrogen-bond acceptors (Lipinski definition) is 2. The van der Waals surface area contributed by atoms with Gasteiger partial charge in [0, 0.05) is 12.2 Å². The summed E-state index contributed by atoms with van der Waals surface area (Å²) in [5, 5.41) is 3.56. The van der Waals surface area contributed by atoms with E-state index in [1.54, 1.807) is 0 Å². The minimum absolute atomic E-state index is 0.427. The van der Waals surface area contributed by atoms with Gasteiger partial charge in [0.2, 0.25) is 0 Å². The second kappa shape index (κ2) is 6.57. The Morgan fingerprint density at radius 2 is 2.13 bits per heavy atom. The Morgan fingerprint density at radius 3 is 2.73 bits per heavy atom. The predicted octanol–water partition coefficient (Wildman–Crippen LogP) is 3.23. The Hall–Kier alpha value is -0.890. The van der Waals surface area contributed by atoms with Crippen molar-refractivity contribution >= 4 is 0 Å². The van der Waals surface area contributed by atoms with Gasteiger partial charge in [0.25, 0.3) is 0 Å². The van der Waals surface area contributed by atoms with Gasteiger partial charge in [0.05, 0.1) is 5.69 Å². The molecule has 0 aliphatic carbocycles. The highest BCUT2D eigenvalue weighted by molar-refractivity contribution is 5.20. The predicted molar refractivity (Wildman–Crippen MR) is 64.9 cm³/mol. The summed E-state index contributed by atoms with van der Waals surface area (Å²) in [5.74, 6) is 0. The number of hydrogen-bond donors (Lipinski definition) is 1. The number of nitrogens with zero attached hydrogens (tertiary/aromatic N) is 1. The summed E-state index contributed by atoms with van der Waals surface area (Å²) in [4.78, 5) is 4.49. The highest BCUT2D eigenvalue weighted by Gasteiger charge is 2.12. The van der Waals surface area contributed by atoms with Crippen LogP contribution in [-0.4, -0.2) is 11.5 Å². The molecule has 0 amide bonds. The molecule has 2 heteroatoms. The molecule has 0 bridgehead atoms. The Labute approximate surface area is 93.1 Å². The summed E-state index contributed by atoms with van der Waals surface area (Å²) < 4.78 is 0. The van der Waals surface area contributed by atoms with E-state index >= 15 is 0 Å². The fourth-order valence-electron chi connectivity index (χ4n) is 1.81. The highest BCUT2D eigenvalue weighted by atomic mass is 14.9. The molecule has 1 atom stereocenters. The van der Waals surface area contributed by atoms with Crippen LogP contribution in [0.2, 0.25) is 0 Å². The molecule has 0 aliphatic heterocycles. The third-order valence-corrected chi connectivity index (χ3v) is 2.60. The van der Waals surface area contributed by atoms with E-state index in [-0.39, 0.29) is 0 Å². The van der Waals surface area contributed by atoms with Crippen LogP contribution in [0.15, 0.2) is 18.3 Å². The maximum Gasteiger partial charge on any atom is 0.0602 e. The average molecular weight is 206 g/mol. The summed E-state index contributed by atoms with van der Waals surface area (Å²) in [6, 6.07) is 4.57. The van der Waals surface area contributed by atoms with Crippen molar-refractivity contribution in [2.75, 3.05) is 6.54 Å². The number of nitrogens with one attached hydrogen (secondary N) is 1. The molecule has 1 rings (SSSR count). The van der Waals surface area contributed by atoms with Gasteiger partial charge in [-0.3, -0.25) is 4.98 Å². The Balaban J connectivity index is 2.74. The maximum absolute atomic E-state index is 4.49. The van der Waals surface area contributed by atoms with Crippen molar-refractivity contribution in [3.63, 3.8) is 0 Å². The van der Waals surface area contributed by atoms with Crippen LogP contribution in [0.1, 0.15) is 50.4 Å². The smallest absolute Gasteiger partial charge is 0.0602 e. The summed E-state index contributed by atoms with van der Waals surface area (Å²) in [6.45, 7) is 7.62. The Kier molecular flexibility index (Phi) is 5.33. The van der Waals surface area contributed by atoms with E-state index in [2.05, 4.69) is 37.1 Å². The van der Waals surface area contributed by atoms with E-state index in [4.69, 9.17) is 0 Å². The van der Waals surface area contributed by atoms with E-state index in [9.17, 15) is 0 Å². The third-order valence-electron chi connectivity index (χ3n) is 2.60. The lowest BCUT2D eigenvalue weighted by Crippen LogP contribution is -2.23. The zero-order chi connectivity index (χ0) is 11.1. The summed E-state index contributed by atoms with van der Waals surface area (Å²) in [5.41, 5.74) is 2.51. The molecule has 0 saturated carbocycles. The van der Waals surface area contributed by atoms with Gasteiger partial charge in [0.15, 0.2) is 0 Å². The molecule has 1 aromatic rings. The number of aromatic nitrogens is 1. The van der Waals surface area contributed by atoms with Crippen molar-refractivity contribution in [2.45, 2.75) is 46.1 Å². The van der Waals surface area contributed by atoms with Crippen molar-refractivity contribution < 1.29 is 0 Å². The fourth-order valence-corrected chi connectivity index (χ4v) is 1.81. The first-order valence-corrected chi connectivity index (χ1v) is 5.94. The number of pyridine rings is 1. The molecule has 1 aromatic heterocycles. The van der Waals surface area contributed by atoms with Crippen LogP contribution in [0, 0.1) is 6.92 Å². The largest absolute Gasteiger partial charge is 0.309 e. The first-order chi connectivity index (χ1) is 7.29. The third kappa shape index (κ3) is 3.63. The summed E-state index contributed by atoms with van der Waals surface area (Å²) in [6.07, 6.45) is 5.42. The zero-order valence-corrected chi connectivity index (χ0v) is 10.1. The molecule has 84 valence electrons. The molecule has 15 heavy (non-hydrogen) atoms. The minimum atomic E-state index is 0.427. The van der Waals surface area contributed by atoms with Gasteiger partial charge in [-0.05, 0) is 37.9 Å². The highest BCUT2D eigenvalue weighted by Crippen LogP contribution is 2.19. The van der Waals surface area contributed by atoms with Gasteiger partial charge < -0.3 is 5.32 Å². The minimum Gasteiger partial charge on any atom is -0.309 e. The molecule has 0 fully saturated rings. The van der Waals surface area contributed by atoms with Crippen molar-refractivity contribution in [2.24, 2.45) is 0 Å². The van der Waals surface area contributed by atoms with Crippen LogP contribution in [0.5, 0.6) is 0 Å². The average Bonchev–Trinajstić information content (AvgIpc) is 2.25. The van der Waals surface area contributed by atoms with Crippen LogP contribution in [0.4, 0.5) is 0 Å². The van der Waals surface area contributed by atoms with Crippen LogP contribution in [-0.2, 0) is 0 Å². The first kappa shape index (κ1) is 12.2. The molecule has 2 nitrogen and oxygen atoms in total. The van der Waals surface area contributed by atoms with E-state index in [0.717, 1.165) is 13.0 Å². The van der Waals surface area contributed by atoms with Crippen molar-refractivity contribution in [3.05, 3.63) is 29.6 Å². The maximum atomic E-state index is 4.49. The monoisotopic (exact) mass is 206 g/mol. The standard InChI is InChI=1S/C13H22N2/c1-4-7-12(14-9-5-2)13-11(3)8-6-10-15-13/h6,8,10,12,14H,4-5,7,9H2,1-3H3. The molecule has 0 aromatic carbocycles. The van der Waals surface area contributed by atoms with E-state index in [0.29, 0.717) is 6.04 Å². The molecule has 0 saturated heterocycles. The normalized spacial score (nSPS) is 12.7. The lowest BCUT2D eigenvalue weighted by atomic mass is 10.0. The molecule has 0 aliphatic rings. The molecule has 1 N–H and O–H groups in total. The van der Waals surface area contributed by atoms with Crippen LogP contribution < -0.4 is 5.32 Å². The molecule has 0 radical (unpaired) electrons. The Morgan fingerprint density at radius 1 is 1.33 bits per heavy atom. The number of aryl methyl sites for hydroxylation is 1. The van der Waals surface area contributed by atoms with Crippen molar-refractivity contribution in [1.82, 2.24) is 10.3 Å². The van der Waals surface area contributed by atoms with Gasteiger partial charge in [-0.15, -0.1) is 0 Å². The van der Waals surface area contributed by atoms with Gasteiger partial charge in [-0.2, -0.15) is 0 Å². The second-order valence-electron chi connectivity index (χ2n) is 4.00. The molecule has 1 unspecified atom stereocenters. The van der Waals surface area contributed by atoms with Gasteiger partial charge in [-0.25, -0.2) is 0 Å². The Bertz CT molecular complexity index is 284. The van der Waals surface area contributed by atoms with Gasteiger partial charge in [-0.1, -0.05) is 26.3 Å². The second-order valence-corrected chi connectivity index (χ2v) is 4.00. The molecular weight excluding hydrogens is 184 g/mol. The lowest BCUT2D eigenvalue weighted by Gasteiger charge is -2.18. The quantitative estimate of drug-likeness (QED) is 0.773. The van der Waals surface area contributed by atoms with Gasteiger partial charge in [0.1, 0.15) is 0 Å². The van der Waals surface area contributed by atoms with Crippen molar-refractivity contribution in [1.29, 1.82) is 0 Å². The van der Waals surface area contributed by atoms with Gasteiger partial charge >= 0.3 is 0 Å². The first-order valence-electron chi connectivity index (χ1n) is 5.94. The van der Waals surface area contributed by atoms with Crippen LogP contribution >= 0.6 is 0 Å².